The molecule has 0 atom stereocenters. The zero-order chi connectivity index (χ0) is 13.3. The van der Waals surface area contributed by atoms with E-state index in [1.807, 2.05) is 0 Å². The number of fused-ring (bicyclic) bond motifs is 1. The van der Waals surface area contributed by atoms with Gasteiger partial charge in [0.2, 0.25) is 0 Å². The third kappa shape index (κ3) is 1.39. The molecule has 4 aliphatic rings. The Labute approximate surface area is 120 Å². The summed E-state index contributed by atoms with van der Waals surface area (Å²) in [7, 11) is 0. The largest absolute Gasteiger partial charge is 0.358 e. The van der Waals surface area contributed by atoms with Gasteiger partial charge in [0.05, 0.1) is 0 Å². The molecule has 0 aliphatic heterocycles. The average molecular weight is 265 g/mol. The number of aryl methyl sites for hydroxylation is 1. The molecule has 1 aromatic heterocycles. The number of aromatic amines is 1. The Balaban J connectivity index is 1.73. The fraction of sp³-hybridized carbons (Fsp3) is 0.579. The molecule has 4 saturated carbocycles. The van der Waals surface area contributed by atoms with Crippen molar-refractivity contribution >= 4 is 10.9 Å². The number of hydrogen-bond donors (Lipinski definition) is 1. The van der Waals surface area contributed by atoms with Gasteiger partial charge < -0.3 is 4.98 Å². The Morgan fingerprint density at radius 1 is 0.950 bits per heavy atom. The number of benzene rings is 1. The van der Waals surface area contributed by atoms with E-state index in [9.17, 15) is 0 Å². The van der Waals surface area contributed by atoms with Crippen LogP contribution < -0.4 is 0 Å². The minimum Gasteiger partial charge on any atom is -0.358 e. The van der Waals surface area contributed by atoms with Crippen LogP contribution >= 0.6 is 0 Å². The van der Waals surface area contributed by atoms with Gasteiger partial charge in [-0.05, 0) is 80.2 Å². The van der Waals surface area contributed by atoms with Crippen molar-refractivity contribution < 1.29 is 0 Å². The van der Waals surface area contributed by atoms with Crippen molar-refractivity contribution in [3.63, 3.8) is 0 Å². The van der Waals surface area contributed by atoms with Crippen LogP contribution in [-0.4, -0.2) is 4.98 Å². The molecule has 104 valence electrons. The highest BCUT2D eigenvalue weighted by Crippen LogP contribution is 2.61. The molecule has 4 aliphatic carbocycles. The molecule has 1 aromatic carbocycles. The summed E-state index contributed by atoms with van der Waals surface area (Å²) in [6, 6.07) is 8.94. The molecule has 1 heterocycles. The molecule has 0 radical (unpaired) electrons. The number of H-pyrrole nitrogens is 1. The maximum absolute atomic E-state index is 3.65. The molecule has 1 nitrogen and oxygen atoms in total. The lowest BCUT2D eigenvalue weighted by Crippen LogP contribution is -2.48. The van der Waals surface area contributed by atoms with Crippen LogP contribution in [-0.2, 0) is 5.41 Å². The number of aromatic nitrogens is 1. The van der Waals surface area contributed by atoms with Crippen molar-refractivity contribution in [2.24, 2.45) is 17.8 Å². The van der Waals surface area contributed by atoms with Crippen molar-refractivity contribution in [1.29, 1.82) is 0 Å². The second-order valence-corrected chi connectivity index (χ2v) is 7.87. The normalized spacial score (nSPS) is 38.8. The summed E-state index contributed by atoms with van der Waals surface area (Å²) in [5.74, 6) is 3.07. The molecule has 20 heavy (non-hydrogen) atoms. The third-order valence-electron chi connectivity index (χ3n) is 6.46. The maximum Gasteiger partial charge on any atom is 0.0459 e. The molecular formula is C19H23N. The summed E-state index contributed by atoms with van der Waals surface area (Å²) >= 11 is 0. The molecule has 4 bridgehead atoms. The monoisotopic (exact) mass is 265 g/mol. The van der Waals surface area contributed by atoms with Gasteiger partial charge in [-0.2, -0.15) is 0 Å². The predicted octanol–water partition coefficient (Wildman–Crippen LogP) is 4.94. The Morgan fingerprint density at radius 2 is 1.55 bits per heavy atom. The van der Waals surface area contributed by atoms with E-state index in [0.29, 0.717) is 5.41 Å². The van der Waals surface area contributed by atoms with Crippen LogP contribution in [0, 0.1) is 24.7 Å². The van der Waals surface area contributed by atoms with E-state index < -0.39 is 0 Å². The summed E-state index contributed by atoms with van der Waals surface area (Å²) in [6.45, 7) is 2.30. The summed E-state index contributed by atoms with van der Waals surface area (Å²) in [5, 5.41) is 1.51. The first-order valence-corrected chi connectivity index (χ1v) is 8.31. The Hall–Kier alpha value is -1.24. The van der Waals surface area contributed by atoms with E-state index in [4.69, 9.17) is 0 Å². The molecule has 0 saturated heterocycles. The Bertz CT molecular complexity index is 643. The van der Waals surface area contributed by atoms with Crippen LogP contribution in [0.2, 0.25) is 0 Å². The molecule has 2 aromatic rings. The van der Waals surface area contributed by atoms with Gasteiger partial charge in [0.1, 0.15) is 0 Å². The van der Waals surface area contributed by atoms with E-state index in [-0.39, 0.29) is 0 Å². The van der Waals surface area contributed by atoms with E-state index >= 15 is 0 Å². The first-order chi connectivity index (χ1) is 9.73. The standard InChI is InChI=1S/C19H23N/c1-12-18(16-4-2-3-5-17(16)20-12)19-9-13-6-14(10-19)8-15(7-13)11-19/h2-5,13-15,20H,6-11H2,1H3. The van der Waals surface area contributed by atoms with Crippen LogP contribution in [0.15, 0.2) is 24.3 Å². The lowest BCUT2D eigenvalue weighted by atomic mass is 9.48. The number of rotatable bonds is 1. The first kappa shape index (κ1) is 11.4. The molecular weight excluding hydrogens is 242 g/mol. The predicted molar refractivity (Wildman–Crippen MR) is 82.9 cm³/mol. The summed E-state index contributed by atoms with van der Waals surface area (Å²) in [6.07, 6.45) is 8.97. The maximum atomic E-state index is 3.65. The van der Waals surface area contributed by atoms with Crippen LogP contribution in [0.1, 0.15) is 49.8 Å². The van der Waals surface area contributed by atoms with Crippen LogP contribution in [0.5, 0.6) is 0 Å². The fourth-order valence-electron chi connectivity index (χ4n) is 6.38. The van der Waals surface area contributed by atoms with E-state index in [1.165, 1.54) is 55.1 Å². The highest BCUT2D eigenvalue weighted by Gasteiger charge is 2.52. The zero-order valence-corrected chi connectivity index (χ0v) is 12.3. The van der Waals surface area contributed by atoms with Crippen molar-refractivity contribution in [2.45, 2.75) is 50.9 Å². The van der Waals surface area contributed by atoms with E-state index in [1.54, 1.807) is 5.56 Å². The Morgan fingerprint density at radius 3 is 2.20 bits per heavy atom. The van der Waals surface area contributed by atoms with Crippen LogP contribution in [0.4, 0.5) is 0 Å². The number of para-hydroxylation sites is 1. The number of nitrogens with one attached hydrogen (secondary N) is 1. The average Bonchev–Trinajstić information content (AvgIpc) is 2.73. The zero-order valence-electron chi connectivity index (χ0n) is 12.3. The van der Waals surface area contributed by atoms with Crippen molar-refractivity contribution in [1.82, 2.24) is 4.98 Å². The van der Waals surface area contributed by atoms with Gasteiger partial charge in [-0.25, -0.2) is 0 Å². The second kappa shape index (κ2) is 3.69. The molecule has 1 N–H and O–H groups in total. The second-order valence-electron chi connectivity index (χ2n) is 7.87. The summed E-state index contributed by atoms with van der Waals surface area (Å²) in [4.78, 5) is 3.65. The van der Waals surface area contributed by atoms with Gasteiger partial charge >= 0.3 is 0 Å². The molecule has 6 rings (SSSR count). The molecule has 0 unspecified atom stereocenters. The van der Waals surface area contributed by atoms with Gasteiger partial charge in [0.15, 0.2) is 0 Å². The van der Waals surface area contributed by atoms with E-state index in [0.717, 1.165) is 17.8 Å². The first-order valence-electron chi connectivity index (χ1n) is 8.31. The highest BCUT2D eigenvalue weighted by molar-refractivity contribution is 5.86. The van der Waals surface area contributed by atoms with Crippen molar-refractivity contribution in [3.8, 4) is 0 Å². The van der Waals surface area contributed by atoms with Crippen molar-refractivity contribution in [3.05, 3.63) is 35.5 Å². The van der Waals surface area contributed by atoms with Gasteiger partial charge in [0, 0.05) is 16.6 Å². The lowest BCUT2D eigenvalue weighted by molar-refractivity contribution is -0.00476. The molecule has 0 spiro atoms. The summed E-state index contributed by atoms with van der Waals surface area (Å²) < 4.78 is 0. The summed E-state index contributed by atoms with van der Waals surface area (Å²) in [5.41, 5.74) is 4.98. The minimum atomic E-state index is 0.512. The minimum absolute atomic E-state index is 0.512. The Kier molecular flexibility index (Phi) is 2.11. The SMILES string of the molecule is Cc1[nH]c2ccccc2c1C12CC3CC(CC(C3)C1)C2. The highest BCUT2D eigenvalue weighted by atomic mass is 14.7. The van der Waals surface area contributed by atoms with Gasteiger partial charge in [-0.3, -0.25) is 0 Å². The van der Waals surface area contributed by atoms with Gasteiger partial charge in [-0.1, -0.05) is 18.2 Å². The smallest absolute Gasteiger partial charge is 0.0459 e. The van der Waals surface area contributed by atoms with Crippen LogP contribution in [0.25, 0.3) is 10.9 Å². The lowest BCUT2D eigenvalue weighted by Gasteiger charge is -2.57. The fourth-order valence-corrected chi connectivity index (χ4v) is 6.38. The third-order valence-corrected chi connectivity index (χ3v) is 6.46. The topological polar surface area (TPSA) is 15.8 Å². The van der Waals surface area contributed by atoms with Gasteiger partial charge in [0.25, 0.3) is 0 Å². The quantitative estimate of drug-likeness (QED) is 0.751. The molecule has 1 heteroatoms. The molecule has 0 amide bonds. The van der Waals surface area contributed by atoms with E-state index in [2.05, 4.69) is 36.2 Å². The molecule has 4 fully saturated rings. The number of hydrogen-bond acceptors (Lipinski definition) is 0. The van der Waals surface area contributed by atoms with Crippen molar-refractivity contribution in [2.75, 3.05) is 0 Å². The van der Waals surface area contributed by atoms with Gasteiger partial charge in [-0.15, -0.1) is 0 Å². The van der Waals surface area contributed by atoms with Crippen LogP contribution in [0.3, 0.4) is 0 Å².